The SMILES string of the molecule is CC1CN(C(=O)c2ccccc2)CCN1S(=O)(=O)c1ccc(-c2nncc3ccccc23)s1. The first-order valence-electron chi connectivity index (χ1n) is 10.6. The Bertz CT molecular complexity index is 1410. The fourth-order valence-electron chi connectivity index (χ4n) is 4.16. The minimum atomic E-state index is -3.70. The molecule has 33 heavy (non-hydrogen) atoms. The van der Waals surface area contributed by atoms with Gasteiger partial charge in [-0.05, 0) is 31.2 Å². The lowest BCUT2D eigenvalue weighted by atomic mass is 10.1. The van der Waals surface area contributed by atoms with Crippen LogP contribution in [0.2, 0.25) is 0 Å². The van der Waals surface area contributed by atoms with E-state index >= 15 is 0 Å². The number of benzene rings is 2. The number of amides is 1. The summed E-state index contributed by atoms with van der Waals surface area (Å²) in [6, 6.07) is 19.9. The number of piperazine rings is 1. The van der Waals surface area contributed by atoms with Crippen LogP contribution in [0.5, 0.6) is 0 Å². The molecule has 9 heteroatoms. The lowest BCUT2D eigenvalue weighted by Gasteiger charge is -2.38. The van der Waals surface area contributed by atoms with Gasteiger partial charge in [-0.1, -0.05) is 42.5 Å². The molecule has 5 rings (SSSR count). The molecule has 1 atom stereocenters. The summed E-state index contributed by atoms with van der Waals surface area (Å²) in [5.41, 5.74) is 1.28. The van der Waals surface area contributed by atoms with Crippen LogP contribution < -0.4 is 0 Å². The Morgan fingerprint density at radius 3 is 2.55 bits per heavy atom. The van der Waals surface area contributed by atoms with E-state index in [-0.39, 0.29) is 22.7 Å². The van der Waals surface area contributed by atoms with E-state index in [1.165, 1.54) is 15.6 Å². The molecule has 1 amide bonds. The van der Waals surface area contributed by atoms with Crippen molar-refractivity contribution < 1.29 is 13.2 Å². The van der Waals surface area contributed by atoms with Crippen molar-refractivity contribution in [1.29, 1.82) is 0 Å². The third kappa shape index (κ3) is 4.03. The molecule has 1 saturated heterocycles. The van der Waals surface area contributed by atoms with E-state index in [1.54, 1.807) is 35.4 Å². The number of hydrogen-bond acceptors (Lipinski definition) is 6. The van der Waals surface area contributed by atoms with Gasteiger partial charge in [0.25, 0.3) is 15.9 Å². The molecule has 2 aromatic carbocycles. The van der Waals surface area contributed by atoms with Crippen LogP contribution in [0.15, 0.2) is 77.1 Å². The number of nitrogens with zero attached hydrogens (tertiary/aromatic N) is 4. The molecule has 0 aliphatic carbocycles. The average Bonchev–Trinajstić information content (AvgIpc) is 3.35. The molecule has 3 heterocycles. The topological polar surface area (TPSA) is 83.5 Å². The van der Waals surface area contributed by atoms with E-state index in [2.05, 4.69) is 10.2 Å². The Morgan fingerprint density at radius 2 is 1.76 bits per heavy atom. The van der Waals surface area contributed by atoms with Crippen molar-refractivity contribution in [3.8, 4) is 10.6 Å². The first kappa shape index (κ1) is 21.7. The zero-order chi connectivity index (χ0) is 23.0. The monoisotopic (exact) mass is 478 g/mol. The fourth-order valence-corrected chi connectivity index (χ4v) is 7.21. The Hall–Kier alpha value is -3.14. The van der Waals surface area contributed by atoms with Crippen molar-refractivity contribution in [3.05, 3.63) is 78.5 Å². The number of carbonyl (C=O) groups excluding carboxylic acids is 1. The van der Waals surface area contributed by atoms with Crippen molar-refractivity contribution in [2.45, 2.75) is 17.2 Å². The first-order valence-corrected chi connectivity index (χ1v) is 12.9. The van der Waals surface area contributed by atoms with Gasteiger partial charge < -0.3 is 4.90 Å². The highest BCUT2D eigenvalue weighted by Crippen LogP contribution is 2.35. The maximum atomic E-state index is 13.4. The molecule has 1 fully saturated rings. The Kier molecular flexibility index (Phi) is 5.69. The van der Waals surface area contributed by atoms with E-state index in [9.17, 15) is 13.2 Å². The van der Waals surface area contributed by atoms with Gasteiger partial charge in [0.05, 0.1) is 11.1 Å². The van der Waals surface area contributed by atoms with E-state index in [0.717, 1.165) is 15.6 Å². The zero-order valence-corrected chi connectivity index (χ0v) is 19.6. The summed E-state index contributed by atoms with van der Waals surface area (Å²) in [7, 11) is -3.70. The van der Waals surface area contributed by atoms with Crippen molar-refractivity contribution in [2.75, 3.05) is 19.6 Å². The molecule has 168 valence electrons. The van der Waals surface area contributed by atoms with Crippen molar-refractivity contribution in [3.63, 3.8) is 0 Å². The minimum Gasteiger partial charge on any atom is -0.336 e. The van der Waals surface area contributed by atoms with Gasteiger partial charge in [-0.25, -0.2) is 8.42 Å². The van der Waals surface area contributed by atoms with Gasteiger partial charge in [-0.15, -0.1) is 16.4 Å². The fraction of sp³-hybridized carbons (Fsp3) is 0.208. The third-order valence-electron chi connectivity index (χ3n) is 5.82. The molecule has 1 unspecified atom stereocenters. The molecule has 0 N–H and O–H groups in total. The van der Waals surface area contributed by atoms with E-state index < -0.39 is 10.0 Å². The number of thiophene rings is 1. The van der Waals surface area contributed by atoms with E-state index in [1.807, 2.05) is 49.4 Å². The second-order valence-electron chi connectivity index (χ2n) is 7.98. The van der Waals surface area contributed by atoms with Crippen LogP contribution in [-0.2, 0) is 10.0 Å². The minimum absolute atomic E-state index is 0.0764. The molecular formula is C24H22N4O3S2. The van der Waals surface area contributed by atoms with Gasteiger partial charge >= 0.3 is 0 Å². The first-order chi connectivity index (χ1) is 15.9. The summed E-state index contributed by atoms with van der Waals surface area (Å²) in [6.07, 6.45) is 1.70. The second kappa shape index (κ2) is 8.66. The predicted molar refractivity (Wildman–Crippen MR) is 129 cm³/mol. The molecule has 0 spiro atoms. The van der Waals surface area contributed by atoms with Crippen molar-refractivity contribution >= 4 is 38.0 Å². The number of carbonyl (C=O) groups is 1. The highest BCUT2D eigenvalue weighted by molar-refractivity contribution is 7.91. The van der Waals surface area contributed by atoms with Crippen LogP contribution in [0, 0.1) is 0 Å². The summed E-state index contributed by atoms with van der Waals surface area (Å²) in [6.45, 7) is 2.79. The average molecular weight is 479 g/mol. The van der Waals surface area contributed by atoms with E-state index in [4.69, 9.17) is 0 Å². The maximum absolute atomic E-state index is 13.4. The number of aromatic nitrogens is 2. The van der Waals surface area contributed by atoms with Crippen LogP contribution in [0.1, 0.15) is 17.3 Å². The van der Waals surface area contributed by atoms with Gasteiger partial charge in [0.1, 0.15) is 9.90 Å². The summed E-state index contributed by atoms with van der Waals surface area (Å²) >= 11 is 1.19. The summed E-state index contributed by atoms with van der Waals surface area (Å²) in [4.78, 5) is 15.3. The summed E-state index contributed by atoms with van der Waals surface area (Å²) in [5, 5.41) is 10.2. The molecule has 1 aliphatic rings. The molecule has 1 aliphatic heterocycles. The van der Waals surface area contributed by atoms with E-state index in [0.29, 0.717) is 24.3 Å². The van der Waals surface area contributed by atoms with Gasteiger partial charge in [0.2, 0.25) is 0 Å². The Labute approximate surface area is 196 Å². The van der Waals surface area contributed by atoms with Crippen molar-refractivity contribution in [2.24, 2.45) is 0 Å². The summed E-state index contributed by atoms with van der Waals surface area (Å²) < 4.78 is 28.7. The van der Waals surface area contributed by atoms with Crippen LogP contribution in [0.4, 0.5) is 0 Å². The van der Waals surface area contributed by atoms with Gasteiger partial charge in [-0.3, -0.25) is 4.79 Å². The third-order valence-corrected chi connectivity index (χ3v) is 9.40. The quantitative estimate of drug-likeness (QED) is 0.444. The Balaban J connectivity index is 1.38. The maximum Gasteiger partial charge on any atom is 0.253 e. The summed E-state index contributed by atoms with van der Waals surface area (Å²) in [5.74, 6) is -0.0764. The second-order valence-corrected chi connectivity index (χ2v) is 11.2. The van der Waals surface area contributed by atoms with Gasteiger partial charge in [-0.2, -0.15) is 9.40 Å². The highest BCUT2D eigenvalue weighted by Gasteiger charge is 2.36. The molecule has 2 aromatic heterocycles. The van der Waals surface area contributed by atoms with Gasteiger partial charge in [0, 0.05) is 42.0 Å². The molecule has 7 nitrogen and oxygen atoms in total. The van der Waals surface area contributed by atoms with Crippen LogP contribution in [-0.4, -0.2) is 59.4 Å². The van der Waals surface area contributed by atoms with Crippen LogP contribution >= 0.6 is 11.3 Å². The number of rotatable bonds is 4. The lowest BCUT2D eigenvalue weighted by Crippen LogP contribution is -2.55. The van der Waals surface area contributed by atoms with Crippen LogP contribution in [0.3, 0.4) is 0 Å². The zero-order valence-electron chi connectivity index (χ0n) is 18.0. The molecule has 4 aromatic rings. The molecule has 0 radical (unpaired) electrons. The standard InChI is InChI=1S/C24H22N4O3S2/c1-17-16-27(24(29)18-7-3-2-4-8-18)13-14-28(17)33(30,31)22-12-11-21(32-22)23-20-10-6-5-9-19(20)15-25-26-23/h2-12,15,17H,13-14,16H2,1H3. The smallest absolute Gasteiger partial charge is 0.253 e. The number of hydrogen-bond donors (Lipinski definition) is 0. The molecule has 0 saturated carbocycles. The molecule has 0 bridgehead atoms. The van der Waals surface area contributed by atoms with Crippen molar-refractivity contribution in [1.82, 2.24) is 19.4 Å². The molecular weight excluding hydrogens is 456 g/mol. The van der Waals surface area contributed by atoms with Gasteiger partial charge in [0.15, 0.2) is 0 Å². The number of sulfonamides is 1. The highest BCUT2D eigenvalue weighted by atomic mass is 32.2. The number of fused-ring (bicyclic) bond motifs is 1. The lowest BCUT2D eigenvalue weighted by molar-refractivity contribution is 0.0642. The Morgan fingerprint density at radius 1 is 1.00 bits per heavy atom. The van der Waals surface area contributed by atoms with Crippen LogP contribution in [0.25, 0.3) is 21.3 Å². The predicted octanol–water partition coefficient (Wildman–Crippen LogP) is 3.89. The largest absolute Gasteiger partial charge is 0.336 e. The normalized spacial score (nSPS) is 17.4.